The van der Waals surface area contributed by atoms with E-state index in [1.807, 2.05) is 36.4 Å². The lowest BCUT2D eigenvalue weighted by Gasteiger charge is -2.42. The highest BCUT2D eigenvalue weighted by molar-refractivity contribution is 6.40. The zero-order valence-corrected chi connectivity index (χ0v) is 16.6. The van der Waals surface area contributed by atoms with Crippen LogP contribution in [0.4, 0.5) is 0 Å². The molecule has 0 aromatic heterocycles. The Bertz CT molecular complexity index is 1070. The summed E-state index contributed by atoms with van der Waals surface area (Å²) in [5, 5.41) is 21.7. The lowest BCUT2D eigenvalue weighted by molar-refractivity contribution is 0.111. The van der Waals surface area contributed by atoms with Gasteiger partial charge in [-0.3, -0.25) is 9.59 Å². The Morgan fingerprint density at radius 3 is 1.52 bits per heavy atom. The van der Waals surface area contributed by atoms with Crippen molar-refractivity contribution in [2.24, 2.45) is 0 Å². The summed E-state index contributed by atoms with van der Waals surface area (Å²) in [6, 6.07) is 14.9. The molecule has 0 aliphatic heterocycles. The number of benzene rings is 3. The van der Waals surface area contributed by atoms with Crippen LogP contribution in [-0.4, -0.2) is 28.1 Å². The summed E-state index contributed by atoms with van der Waals surface area (Å²) in [6.45, 7) is 0. The first-order valence-corrected chi connectivity index (χ1v) is 9.98. The molecule has 0 saturated heterocycles. The molecule has 3 aromatic carbocycles. The molecule has 0 amide bonds. The number of aldehydes is 2. The smallest absolute Gasteiger partial charge is 0.153 e. The second kappa shape index (κ2) is 7.54. The van der Waals surface area contributed by atoms with E-state index in [1.54, 1.807) is 12.1 Å². The van der Waals surface area contributed by atoms with E-state index in [2.05, 4.69) is 0 Å². The molecule has 0 radical (unpaired) electrons. The Kier molecular flexibility index (Phi) is 5.07. The molecule has 29 heavy (non-hydrogen) atoms. The molecule has 146 valence electrons. The first-order chi connectivity index (χ1) is 14.1. The molecule has 3 aliphatic carbocycles. The van der Waals surface area contributed by atoms with Crippen molar-refractivity contribution in [3.05, 3.63) is 93.0 Å². The third kappa shape index (κ3) is 2.75. The average Bonchev–Trinajstić information content (AvgIpc) is 2.74. The number of carbonyl (C=O) groups excluding carboxylic acids is 2. The van der Waals surface area contributed by atoms with Crippen LogP contribution < -0.4 is 0 Å². The van der Waals surface area contributed by atoms with Gasteiger partial charge in [0, 0.05) is 23.0 Å². The molecule has 6 heteroatoms. The van der Waals surface area contributed by atoms with Gasteiger partial charge in [-0.15, -0.1) is 23.2 Å². The van der Waals surface area contributed by atoms with Gasteiger partial charge in [-0.2, -0.15) is 0 Å². The highest BCUT2D eigenvalue weighted by Gasteiger charge is 2.44. The second-order valence-electron chi connectivity index (χ2n) is 6.84. The molecule has 0 saturated carbocycles. The standard InChI is InChI=1S/C22H14O4.CH2Cl2/c23-9-11-5-7-15-17-13-3-1-2-4-14(13)18(19(15)21(11)25)20-16(17)8-6-12(10-24)22(20)26;2-1-3/h1-10,17-18,25-26H;1H2. The SMILES string of the molecule is ClCCl.O=Cc1ccc2c(c1O)C1c3ccccc3C2c2ccc(C=O)c(O)c21. The lowest BCUT2D eigenvalue weighted by atomic mass is 9.60. The first kappa shape index (κ1) is 19.5. The topological polar surface area (TPSA) is 74.6 Å². The van der Waals surface area contributed by atoms with Crippen LogP contribution in [0.3, 0.4) is 0 Å². The summed E-state index contributed by atoms with van der Waals surface area (Å²) < 4.78 is 0. The molecule has 2 bridgehead atoms. The summed E-state index contributed by atoms with van der Waals surface area (Å²) in [6.07, 6.45) is 1.26. The number of halogens is 2. The summed E-state index contributed by atoms with van der Waals surface area (Å²) in [5.41, 5.74) is 5.70. The normalized spacial score (nSPS) is 17.3. The molecule has 0 fully saturated rings. The van der Waals surface area contributed by atoms with Crippen LogP contribution in [0.15, 0.2) is 48.5 Å². The fourth-order valence-electron chi connectivity index (χ4n) is 4.58. The van der Waals surface area contributed by atoms with Crippen molar-refractivity contribution in [2.45, 2.75) is 11.8 Å². The molecule has 0 heterocycles. The van der Waals surface area contributed by atoms with E-state index in [-0.39, 0.29) is 33.9 Å². The quantitative estimate of drug-likeness (QED) is 0.303. The van der Waals surface area contributed by atoms with Gasteiger partial charge in [0.2, 0.25) is 0 Å². The van der Waals surface area contributed by atoms with Gasteiger partial charge in [0.05, 0.1) is 16.5 Å². The lowest BCUT2D eigenvalue weighted by Crippen LogP contribution is -2.28. The van der Waals surface area contributed by atoms with Crippen LogP contribution in [0.5, 0.6) is 11.5 Å². The Morgan fingerprint density at radius 1 is 0.690 bits per heavy atom. The number of carbonyl (C=O) groups is 2. The van der Waals surface area contributed by atoms with Crippen LogP contribution >= 0.6 is 23.2 Å². The maximum Gasteiger partial charge on any atom is 0.153 e. The van der Waals surface area contributed by atoms with Crippen molar-refractivity contribution in [3.63, 3.8) is 0 Å². The molecule has 4 nitrogen and oxygen atoms in total. The average molecular weight is 427 g/mol. The van der Waals surface area contributed by atoms with Crippen molar-refractivity contribution in [2.75, 3.05) is 5.34 Å². The van der Waals surface area contributed by atoms with Crippen molar-refractivity contribution in [1.29, 1.82) is 0 Å². The van der Waals surface area contributed by atoms with Gasteiger partial charge >= 0.3 is 0 Å². The second-order valence-corrected chi connectivity index (χ2v) is 7.65. The summed E-state index contributed by atoms with van der Waals surface area (Å²) >= 11 is 9.53. The molecule has 0 spiro atoms. The molecule has 3 aliphatic rings. The van der Waals surface area contributed by atoms with Gasteiger partial charge < -0.3 is 10.2 Å². The minimum Gasteiger partial charge on any atom is -0.507 e. The van der Waals surface area contributed by atoms with Crippen LogP contribution in [0, 0.1) is 0 Å². The van der Waals surface area contributed by atoms with E-state index in [0.29, 0.717) is 23.7 Å². The molecule has 6 rings (SSSR count). The predicted molar refractivity (Wildman–Crippen MR) is 112 cm³/mol. The van der Waals surface area contributed by atoms with Crippen LogP contribution in [-0.2, 0) is 0 Å². The minimum atomic E-state index is -0.416. The van der Waals surface area contributed by atoms with Gasteiger partial charge in [0.1, 0.15) is 11.5 Å². The number of rotatable bonds is 2. The van der Waals surface area contributed by atoms with Gasteiger partial charge in [0.15, 0.2) is 12.6 Å². The van der Waals surface area contributed by atoms with Crippen molar-refractivity contribution in [3.8, 4) is 11.5 Å². The third-order valence-electron chi connectivity index (χ3n) is 5.64. The fraction of sp³-hybridized carbons (Fsp3) is 0.130. The monoisotopic (exact) mass is 426 g/mol. The number of alkyl halides is 2. The third-order valence-corrected chi connectivity index (χ3v) is 5.64. The first-order valence-electron chi connectivity index (χ1n) is 8.91. The Labute approximate surface area is 177 Å². The highest BCUT2D eigenvalue weighted by Crippen LogP contribution is 2.60. The summed E-state index contributed by atoms with van der Waals surface area (Å²) in [5.74, 6) is -0.674. The minimum absolute atomic E-state index is 0.0523. The maximum absolute atomic E-state index is 11.3. The van der Waals surface area contributed by atoms with E-state index in [0.717, 1.165) is 22.3 Å². The number of phenols is 2. The summed E-state index contributed by atoms with van der Waals surface area (Å²) in [4.78, 5) is 22.6. The molecule has 0 unspecified atom stereocenters. The van der Waals surface area contributed by atoms with Crippen molar-refractivity contribution >= 4 is 35.8 Å². The van der Waals surface area contributed by atoms with Gasteiger partial charge in [0.25, 0.3) is 0 Å². The van der Waals surface area contributed by atoms with Crippen LogP contribution in [0.25, 0.3) is 0 Å². The van der Waals surface area contributed by atoms with E-state index in [1.165, 1.54) is 0 Å². The Morgan fingerprint density at radius 2 is 1.10 bits per heavy atom. The van der Waals surface area contributed by atoms with Crippen LogP contribution in [0.1, 0.15) is 65.9 Å². The molecule has 3 aromatic rings. The van der Waals surface area contributed by atoms with E-state index >= 15 is 0 Å². The molecule has 2 N–H and O–H groups in total. The molecular weight excluding hydrogens is 411 g/mol. The van der Waals surface area contributed by atoms with Gasteiger partial charge in [-0.25, -0.2) is 0 Å². The van der Waals surface area contributed by atoms with E-state index in [4.69, 9.17) is 23.2 Å². The Balaban J connectivity index is 0.000000645. The summed E-state index contributed by atoms with van der Waals surface area (Å²) in [7, 11) is 0. The van der Waals surface area contributed by atoms with Crippen molar-refractivity contribution < 1.29 is 19.8 Å². The molecule has 0 atom stereocenters. The Hall–Kier alpha value is -2.82. The van der Waals surface area contributed by atoms with Crippen molar-refractivity contribution in [1.82, 2.24) is 0 Å². The van der Waals surface area contributed by atoms with E-state index in [9.17, 15) is 19.8 Å². The van der Waals surface area contributed by atoms with Gasteiger partial charge in [-0.05, 0) is 34.4 Å². The number of hydrogen-bond acceptors (Lipinski definition) is 4. The number of phenolic OH excluding ortho intramolecular Hbond substituents is 2. The van der Waals surface area contributed by atoms with E-state index < -0.39 is 5.92 Å². The highest BCUT2D eigenvalue weighted by atomic mass is 35.5. The zero-order valence-electron chi connectivity index (χ0n) is 15.1. The maximum atomic E-state index is 11.3. The fourth-order valence-corrected chi connectivity index (χ4v) is 4.58. The number of hydrogen-bond donors (Lipinski definition) is 2. The predicted octanol–water partition coefficient (Wildman–Crippen LogP) is 5.13. The largest absolute Gasteiger partial charge is 0.507 e. The zero-order chi connectivity index (χ0) is 20.7. The van der Waals surface area contributed by atoms with Crippen LogP contribution in [0.2, 0.25) is 0 Å². The van der Waals surface area contributed by atoms with Gasteiger partial charge in [-0.1, -0.05) is 36.4 Å². The number of aromatic hydroxyl groups is 2. The molecular formula is C23H16Cl2O4.